The largest absolute Gasteiger partial charge is 0.462 e. The Balaban J connectivity index is 3.44. The standard InChI is InChI=1S/C10H18O2/c1-5-9(4)6-7-12-10(11)8(2)3/h9H,2,5-7H2,1,3-4H3/t9-/m1/s1. The first-order chi connectivity index (χ1) is 5.57. The molecule has 0 radical (unpaired) electrons. The highest BCUT2D eigenvalue weighted by atomic mass is 16.5. The normalized spacial score (nSPS) is 12.2. The highest BCUT2D eigenvalue weighted by Crippen LogP contribution is 2.06. The van der Waals surface area contributed by atoms with E-state index in [2.05, 4.69) is 20.4 Å². The maximum absolute atomic E-state index is 10.9. The number of carbonyl (C=O) groups is 1. The number of ether oxygens (including phenoxy) is 1. The fourth-order valence-corrected chi connectivity index (χ4v) is 0.680. The zero-order valence-corrected chi connectivity index (χ0v) is 8.22. The molecule has 0 bridgehead atoms. The van der Waals surface area contributed by atoms with Crippen molar-refractivity contribution in [3.05, 3.63) is 12.2 Å². The summed E-state index contributed by atoms with van der Waals surface area (Å²) in [5.41, 5.74) is 0.471. The van der Waals surface area contributed by atoms with Crippen molar-refractivity contribution in [2.75, 3.05) is 6.61 Å². The molecule has 0 aliphatic heterocycles. The summed E-state index contributed by atoms with van der Waals surface area (Å²) in [4.78, 5) is 10.9. The molecule has 0 fully saturated rings. The number of esters is 1. The van der Waals surface area contributed by atoms with E-state index in [-0.39, 0.29) is 5.97 Å². The average Bonchev–Trinajstić information content (AvgIpc) is 2.03. The van der Waals surface area contributed by atoms with E-state index in [9.17, 15) is 4.79 Å². The molecule has 2 nitrogen and oxygen atoms in total. The summed E-state index contributed by atoms with van der Waals surface area (Å²) in [5.74, 6) is 0.348. The molecule has 0 heterocycles. The van der Waals surface area contributed by atoms with Crippen LogP contribution in [0.15, 0.2) is 12.2 Å². The van der Waals surface area contributed by atoms with E-state index < -0.39 is 0 Å². The molecule has 12 heavy (non-hydrogen) atoms. The molecule has 0 aromatic rings. The Morgan fingerprint density at radius 1 is 1.58 bits per heavy atom. The summed E-state index contributed by atoms with van der Waals surface area (Å²) in [6, 6.07) is 0. The lowest BCUT2D eigenvalue weighted by Crippen LogP contribution is -2.08. The van der Waals surface area contributed by atoms with Crippen LogP contribution in [0.1, 0.15) is 33.6 Å². The Labute approximate surface area is 74.6 Å². The van der Waals surface area contributed by atoms with Gasteiger partial charge < -0.3 is 4.74 Å². The van der Waals surface area contributed by atoms with Crippen LogP contribution in [0.5, 0.6) is 0 Å². The number of hydrogen-bond acceptors (Lipinski definition) is 2. The van der Waals surface area contributed by atoms with Crippen LogP contribution in [-0.2, 0) is 9.53 Å². The summed E-state index contributed by atoms with van der Waals surface area (Å²) < 4.78 is 4.94. The van der Waals surface area contributed by atoms with Gasteiger partial charge in [0.25, 0.3) is 0 Å². The summed E-state index contributed by atoms with van der Waals surface area (Å²) >= 11 is 0. The summed E-state index contributed by atoms with van der Waals surface area (Å²) in [6.07, 6.45) is 2.07. The van der Waals surface area contributed by atoms with Gasteiger partial charge in [0.15, 0.2) is 0 Å². The van der Waals surface area contributed by atoms with Gasteiger partial charge in [-0.2, -0.15) is 0 Å². The summed E-state index contributed by atoms with van der Waals surface area (Å²) in [6.45, 7) is 9.95. The van der Waals surface area contributed by atoms with Gasteiger partial charge in [-0.05, 0) is 19.3 Å². The Morgan fingerprint density at radius 3 is 2.58 bits per heavy atom. The zero-order valence-electron chi connectivity index (χ0n) is 8.22. The van der Waals surface area contributed by atoms with Crippen molar-refractivity contribution in [3.63, 3.8) is 0 Å². The first-order valence-corrected chi connectivity index (χ1v) is 4.40. The molecule has 0 N–H and O–H groups in total. The molecule has 0 saturated carbocycles. The second-order valence-electron chi connectivity index (χ2n) is 3.22. The highest BCUT2D eigenvalue weighted by Gasteiger charge is 2.04. The van der Waals surface area contributed by atoms with Crippen molar-refractivity contribution in [2.45, 2.75) is 33.6 Å². The third kappa shape index (κ3) is 4.94. The van der Waals surface area contributed by atoms with Crippen molar-refractivity contribution in [1.82, 2.24) is 0 Å². The van der Waals surface area contributed by atoms with Gasteiger partial charge in [-0.1, -0.05) is 26.8 Å². The Kier molecular flexibility index (Phi) is 5.43. The van der Waals surface area contributed by atoms with Crippen LogP contribution in [0, 0.1) is 5.92 Å². The van der Waals surface area contributed by atoms with E-state index in [4.69, 9.17) is 4.74 Å². The van der Waals surface area contributed by atoms with E-state index in [0.29, 0.717) is 18.1 Å². The Hall–Kier alpha value is -0.790. The predicted octanol–water partition coefficient (Wildman–Crippen LogP) is 2.54. The van der Waals surface area contributed by atoms with Gasteiger partial charge in [0, 0.05) is 5.57 Å². The van der Waals surface area contributed by atoms with Crippen LogP contribution in [-0.4, -0.2) is 12.6 Å². The summed E-state index contributed by atoms with van der Waals surface area (Å²) in [5, 5.41) is 0. The molecule has 0 rings (SSSR count). The number of hydrogen-bond donors (Lipinski definition) is 0. The molecular weight excluding hydrogens is 152 g/mol. The minimum absolute atomic E-state index is 0.279. The van der Waals surface area contributed by atoms with Gasteiger partial charge in [-0.25, -0.2) is 4.79 Å². The number of carbonyl (C=O) groups excluding carboxylic acids is 1. The van der Waals surface area contributed by atoms with E-state index in [1.54, 1.807) is 6.92 Å². The van der Waals surface area contributed by atoms with Crippen LogP contribution in [0.4, 0.5) is 0 Å². The molecule has 0 amide bonds. The smallest absolute Gasteiger partial charge is 0.333 e. The molecule has 0 aliphatic carbocycles. The second kappa shape index (κ2) is 5.81. The average molecular weight is 170 g/mol. The van der Waals surface area contributed by atoms with Gasteiger partial charge in [-0.3, -0.25) is 0 Å². The predicted molar refractivity (Wildman–Crippen MR) is 49.8 cm³/mol. The van der Waals surface area contributed by atoms with Crippen LogP contribution >= 0.6 is 0 Å². The Bertz CT molecular complexity index is 161. The van der Waals surface area contributed by atoms with Crippen molar-refractivity contribution in [2.24, 2.45) is 5.92 Å². The van der Waals surface area contributed by atoms with Crippen molar-refractivity contribution >= 4 is 5.97 Å². The fourth-order valence-electron chi connectivity index (χ4n) is 0.680. The maximum Gasteiger partial charge on any atom is 0.333 e. The number of rotatable bonds is 5. The van der Waals surface area contributed by atoms with Gasteiger partial charge >= 0.3 is 5.97 Å². The van der Waals surface area contributed by atoms with Crippen molar-refractivity contribution in [1.29, 1.82) is 0 Å². The molecular formula is C10H18O2. The van der Waals surface area contributed by atoms with Gasteiger partial charge in [-0.15, -0.1) is 0 Å². The highest BCUT2D eigenvalue weighted by molar-refractivity contribution is 5.86. The van der Waals surface area contributed by atoms with Gasteiger partial charge in [0.1, 0.15) is 0 Å². The molecule has 0 saturated heterocycles. The topological polar surface area (TPSA) is 26.3 Å². The minimum Gasteiger partial charge on any atom is -0.462 e. The molecule has 0 unspecified atom stereocenters. The van der Waals surface area contributed by atoms with Crippen LogP contribution < -0.4 is 0 Å². The molecule has 70 valence electrons. The van der Waals surface area contributed by atoms with E-state index in [0.717, 1.165) is 12.8 Å². The third-order valence-electron chi connectivity index (χ3n) is 1.89. The van der Waals surface area contributed by atoms with E-state index in [1.807, 2.05) is 0 Å². The van der Waals surface area contributed by atoms with Gasteiger partial charge in [0.2, 0.25) is 0 Å². The maximum atomic E-state index is 10.9. The first kappa shape index (κ1) is 11.2. The SMILES string of the molecule is C=C(C)C(=O)OCC[C@H](C)CC. The summed E-state index contributed by atoms with van der Waals surface area (Å²) in [7, 11) is 0. The minimum atomic E-state index is -0.279. The Morgan fingerprint density at radius 2 is 2.17 bits per heavy atom. The molecule has 0 aromatic carbocycles. The van der Waals surface area contributed by atoms with Crippen LogP contribution in [0.3, 0.4) is 0 Å². The van der Waals surface area contributed by atoms with E-state index >= 15 is 0 Å². The molecule has 2 heteroatoms. The first-order valence-electron chi connectivity index (χ1n) is 4.40. The van der Waals surface area contributed by atoms with Crippen molar-refractivity contribution < 1.29 is 9.53 Å². The van der Waals surface area contributed by atoms with Crippen molar-refractivity contribution in [3.8, 4) is 0 Å². The fraction of sp³-hybridized carbons (Fsp3) is 0.700. The second-order valence-corrected chi connectivity index (χ2v) is 3.22. The lowest BCUT2D eigenvalue weighted by atomic mass is 10.1. The van der Waals surface area contributed by atoms with Crippen LogP contribution in [0.2, 0.25) is 0 Å². The van der Waals surface area contributed by atoms with Gasteiger partial charge in [0.05, 0.1) is 6.61 Å². The third-order valence-corrected chi connectivity index (χ3v) is 1.89. The lowest BCUT2D eigenvalue weighted by molar-refractivity contribution is -0.139. The lowest BCUT2D eigenvalue weighted by Gasteiger charge is -2.08. The molecule has 0 aromatic heterocycles. The molecule has 0 aliphatic rings. The quantitative estimate of drug-likeness (QED) is 0.468. The molecule has 1 atom stereocenters. The zero-order chi connectivity index (χ0) is 9.56. The van der Waals surface area contributed by atoms with E-state index in [1.165, 1.54) is 0 Å². The monoisotopic (exact) mass is 170 g/mol. The molecule has 0 spiro atoms. The van der Waals surface area contributed by atoms with Crippen LogP contribution in [0.25, 0.3) is 0 Å².